The normalized spacial score (nSPS) is 53.5. The monoisotopic (exact) mass is 266 g/mol. The number of aliphatic hydroxyl groups excluding tert-OH is 2. The highest BCUT2D eigenvalue weighted by molar-refractivity contribution is 5.75. The van der Waals surface area contributed by atoms with E-state index in [9.17, 15) is 15.0 Å². The summed E-state index contributed by atoms with van der Waals surface area (Å²) < 4.78 is 5.56. The Morgan fingerprint density at radius 3 is 2.74 bits per heavy atom. The Balaban J connectivity index is 2.03. The molecule has 4 heteroatoms. The van der Waals surface area contributed by atoms with Gasteiger partial charge in [0.15, 0.2) is 0 Å². The standard InChI is InChI=1S/C15H22O4/c1-7-4-5-10(16)15(3)11(17)6-9-8(2)14(18)19-13(9)12(7)15/h8-13,16-17H,1,4-6H2,2-3H3. The van der Waals surface area contributed by atoms with Gasteiger partial charge in [-0.15, -0.1) is 0 Å². The zero-order valence-electron chi connectivity index (χ0n) is 11.5. The van der Waals surface area contributed by atoms with E-state index in [-0.39, 0.29) is 29.8 Å². The number of carbonyl (C=O) groups is 1. The average molecular weight is 266 g/mol. The molecule has 1 heterocycles. The maximum atomic E-state index is 11.8. The van der Waals surface area contributed by atoms with Gasteiger partial charge in [-0.1, -0.05) is 26.0 Å². The Morgan fingerprint density at radius 2 is 2.05 bits per heavy atom. The molecule has 2 aliphatic carbocycles. The zero-order chi connectivity index (χ0) is 13.9. The number of ether oxygens (including phenoxy) is 1. The zero-order valence-corrected chi connectivity index (χ0v) is 11.5. The van der Waals surface area contributed by atoms with Crippen molar-refractivity contribution in [1.29, 1.82) is 0 Å². The van der Waals surface area contributed by atoms with Gasteiger partial charge in [-0.2, -0.15) is 0 Å². The van der Waals surface area contributed by atoms with Gasteiger partial charge in [-0.25, -0.2) is 0 Å². The molecule has 3 fully saturated rings. The predicted molar refractivity (Wildman–Crippen MR) is 69.1 cm³/mol. The molecule has 0 aromatic rings. The number of fused-ring (bicyclic) bond motifs is 3. The molecule has 0 bridgehead atoms. The summed E-state index contributed by atoms with van der Waals surface area (Å²) in [7, 11) is 0. The molecule has 0 aromatic carbocycles. The minimum atomic E-state index is -0.638. The first-order valence-corrected chi connectivity index (χ1v) is 7.11. The van der Waals surface area contributed by atoms with Crippen molar-refractivity contribution < 1.29 is 19.7 Å². The Bertz CT molecular complexity index is 432. The SMILES string of the molecule is C=C1CCC(O)C2(C)C(O)CC3C(C)C(=O)OC3C12. The predicted octanol–water partition coefficient (Wildman–Crippen LogP) is 1.26. The van der Waals surface area contributed by atoms with E-state index in [2.05, 4.69) is 6.58 Å². The molecule has 1 saturated heterocycles. The van der Waals surface area contributed by atoms with Crippen LogP contribution in [0.15, 0.2) is 12.2 Å². The average Bonchev–Trinajstić information content (AvgIpc) is 2.62. The van der Waals surface area contributed by atoms with E-state index in [0.717, 1.165) is 12.0 Å². The topological polar surface area (TPSA) is 66.8 Å². The molecule has 0 spiro atoms. The van der Waals surface area contributed by atoms with Gasteiger partial charge < -0.3 is 14.9 Å². The molecule has 19 heavy (non-hydrogen) atoms. The van der Waals surface area contributed by atoms with E-state index in [1.54, 1.807) is 0 Å². The second-order valence-corrected chi connectivity index (χ2v) is 6.66. The number of hydrogen-bond acceptors (Lipinski definition) is 4. The number of rotatable bonds is 0. The number of hydrogen-bond donors (Lipinski definition) is 2. The van der Waals surface area contributed by atoms with Crippen LogP contribution in [-0.2, 0) is 9.53 Å². The van der Waals surface area contributed by atoms with E-state index < -0.39 is 17.6 Å². The Labute approximate surface area is 113 Å². The lowest BCUT2D eigenvalue weighted by atomic mass is 9.52. The smallest absolute Gasteiger partial charge is 0.309 e. The number of carbonyl (C=O) groups excluding carboxylic acids is 1. The van der Waals surface area contributed by atoms with Crippen LogP contribution in [0.3, 0.4) is 0 Å². The lowest BCUT2D eigenvalue weighted by molar-refractivity contribution is -0.175. The molecule has 2 saturated carbocycles. The highest BCUT2D eigenvalue weighted by atomic mass is 16.6. The van der Waals surface area contributed by atoms with E-state index in [1.165, 1.54) is 0 Å². The molecule has 0 amide bonds. The van der Waals surface area contributed by atoms with Gasteiger partial charge in [-0.05, 0) is 19.3 Å². The second kappa shape index (κ2) is 4.06. The molecule has 0 aromatic heterocycles. The molecule has 1 aliphatic heterocycles. The third-order valence-corrected chi connectivity index (χ3v) is 5.80. The first-order chi connectivity index (χ1) is 8.87. The van der Waals surface area contributed by atoms with Crippen LogP contribution in [0.25, 0.3) is 0 Å². The van der Waals surface area contributed by atoms with Gasteiger partial charge in [0, 0.05) is 17.3 Å². The maximum Gasteiger partial charge on any atom is 0.309 e. The molecule has 7 unspecified atom stereocenters. The van der Waals surface area contributed by atoms with E-state index >= 15 is 0 Å². The van der Waals surface area contributed by atoms with Gasteiger partial charge in [0.25, 0.3) is 0 Å². The van der Waals surface area contributed by atoms with Crippen molar-refractivity contribution in [1.82, 2.24) is 0 Å². The summed E-state index contributed by atoms with van der Waals surface area (Å²) in [5, 5.41) is 20.9. The van der Waals surface area contributed by atoms with Crippen LogP contribution in [-0.4, -0.2) is 34.5 Å². The fraction of sp³-hybridized carbons (Fsp3) is 0.800. The summed E-state index contributed by atoms with van der Waals surface area (Å²) in [5.41, 5.74) is 0.365. The fourth-order valence-corrected chi connectivity index (χ4v) is 4.40. The van der Waals surface area contributed by atoms with E-state index in [4.69, 9.17) is 4.74 Å². The van der Waals surface area contributed by atoms with Crippen LogP contribution in [0.1, 0.15) is 33.1 Å². The van der Waals surface area contributed by atoms with Crippen molar-refractivity contribution in [2.45, 2.75) is 51.4 Å². The summed E-state index contributed by atoms with van der Waals surface area (Å²) in [6.45, 7) is 7.88. The molecule has 0 radical (unpaired) electrons. The quantitative estimate of drug-likeness (QED) is 0.512. The first-order valence-electron chi connectivity index (χ1n) is 7.11. The molecule has 2 N–H and O–H groups in total. The van der Waals surface area contributed by atoms with E-state index in [1.807, 2.05) is 13.8 Å². The minimum absolute atomic E-state index is 0.0441. The van der Waals surface area contributed by atoms with Crippen LogP contribution in [0.4, 0.5) is 0 Å². The van der Waals surface area contributed by atoms with Gasteiger partial charge in [0.05, 0.1) is 18.1 Å². The Kier molecular flexibility index (Phi) is 2.81. The van der Waals surface area contributed by atoms with Crippen LogP contribution in [0.5, 0.6) is 0 Å². The first kappa shape index (κ1) is 13.1. The summed E-state index contributed by atoms with van der Waals surface area (Å²) in [5.74, 6) is -0.433. The van der Waals surface area contributed by atoms with Gasteiger partial charge >= 0.3 is 5.97 Å². The van der Waals surface area contributed by atoms with Crippen molar-refractivity contribution in [3.63, 3.8) is 0 Å². The molecular formula is C15H22O4. The van der Waals surface area contributed by atoms with Crippen LogP contribution < -0.4 is 0 Å². The van der Waals surface area contributed by atoms with Crippen LogP contribution in [0, 0.1) is 23.2 Å². The largest absolute Gasteiger partial charge is 0.461 e. The highest BCUT2D eigenvalue weighted by Crippen LogP contribution is 2.57. The molecule has 4 nitrogen and oxygen atoms in total. The summed E-state index contributed by atoms with van der Waals surface area (Å²) in [6, 6.07) is 0. The summed E-state index contributed by atoms with van der Waals surface area (Å²) in [4.78, 5) is 11.8. The van der Waals surface area contributed by atoms with Crippen molar-refractivity contribution >= 4 is 5.97 Å². The Morgan fingerprint density at radius 1 is 1.37 bits per heavy atom. The fourth-order valence-electron chi connectivity index (χ4n) is 4.40. The number of aliphatic hydroxyl groups is 2. The van der Waals surface area contributed by atoms with Crippen molar-refractivity contribution in [2.75, 3.05) is 0 Å². The minimum Gasteiger partial charge on any atom is -0.461 e. The maximum absolute atomic E-state index is 11.8. The summed E-state index contributed by atoms with van der Waals surface area (Å²) >= 11 is 0. The lowest BCUT2D eigenvalue weighted by Gasteiger charge is -2.55. The summed E-state index contributed by atoms with van der Waals surface area (Å²) in [6.07, 6.45) is 0.497. The van der Waals surface area contributed by atoms with Crippen LogP contribution in [0.2, 0.25) is 0 Å². The van der Waals surface area contributed by atoms with Gasteiger partial charge in [-0.3, -0.25) is 4.79 Å². The molecule has 3 aliphatic rings. The highest BCUT2D eigenvalue weighted by Gasteiger charge is 2.62. The van der Waals surface area contributed by atoms with Gasteiger partial charge in [0.1, 0.15) is 6.10 Å². The van der Waals surface area contributed by atoms with Crippen molar-refractivity contribution in [3.05, 3.63) is 12.2 Å². The molecule has 106 valence electrons. The number of esters is 1. The third kappa shape index (κ3) is 1.56. The van der Waals surface area contributed by atoms with Crippen molar-refractivity contribution in [3.8, 4) is 0 Å². The molecular weight excluding hydrogens is 244 g/mol. The van der Waals surface area contributed by atoms with Crippen molar-refractivity contribution in [2.24, 2.45) is 23.2 Å². The molecule has 7 atom stereocenters. The molecule has 3 rings (SSSR count). The van der Waals surface area contributed by atoms with E-state index in [0.29, 0.717) is 12.8 Å². The second-order valence-electron chi connectivity index (χ2n) is 6.66. The van der Waals surface area contributed by atoms with Gasteiger partial charge in [0.2, 0.25) is 0 Å². The third-order valence-electron chi connectivity index (χ3n) is 5.80. The Hall–Kier alpha value is -0.870. The lowest BCUT2D eigenvalue weighted by Crippen LogP contribution is -2.60. The van der Waals surface area contributed by atoms with Crippen LogP contribution >= 0.6 is 0 Å².